The average Bonchev–Trinajstić information content (AvgIpc) is 2.61. The molecule has 140 valence electrons. The highest BCUT2D eigenvalue weighted by molar-refractivity contribution is 5.93. The van der Waals surface area contributed by atoms with Crippen molar-refractivity contribution in [1.82, 2.24) is 4.90 Å². The minimum Gasteiger partial charge on any atom is -0.392 e. The van der Waals surface area contributed by atoms with Crippen molar-refractivity contribution in [1.29, 1.82) is 0 Å². The van der Waals surface area contributed by atoms with Crippen LogP contribution in [0.25, 0.3) is 0 Å². The van der Waals surface area contributed by atoms with Gasteiger partial charge in [-0.3, -0.25) is 9.69 Å². The summed E-state index contributed by atoms with van der Waals surface area (Å²) < 4.78 is 0. The van der Waals surface area contributed by atoms with Gasteiger partial charge in [0.25, 0.3) is 0 Å². The van der Waals surface area contributed by atoms with Gasteiger partial charge in [0.1, 0.15) is 0 Å². The fourth-order valence-electron chi connectivity index (χ4n) is 3.89. The molecule has 2 rings (SSSR count). The van der Waals surface area contributed by atoms with Gasteiger partial charge in [-0.05, 0) is 43.7 Å². The van der Waals surface area contributed by atoms with Crippen molar-refractivity contribution in [3.63, 3.8) is 0 Å². The number of aliphatic hydroxyl groups is 1. The summed E-state index contributed by atoms with van der Waals surface area (Å²) in [5.41, 5.74) is 3.36. The van der Waals surface area contributed by atoms with Gasteiger partial charge in [-0.15, -0.1) is 0 Å². The Hall–Kier alpha value is -1.39. The third kappa shape index (κ3) is 5.82. The van der Waals surface area contributed by atoms with Gasteiger partial charge in [0.15, 0.2) is 0 Å². The van der Waals surface area contributed by atoms with Gasteiger partial charge in [-0.2, -0.15) is 0 Å². The van der Waals surface area contributed by atoms with Gasteiger partial charge >= 0.3 is 0 Å². The summed E-state index contributed by atoms with van der Waals surface area (Å²) in [6.07, 6.45) is 7.39. The summed E-state index contributed by atoms with van der Waals surface area (Å²) in [7, 11) is 0. The number of hydrogen-bond donors (Lipinski definition) is 2. The van der Waals surface area contributed by atoms with Gasteiger partial charge < -0.3 is 10.4 Å². The zero-order valence-corrected chi connectivity index (χ0v) is 16.1. The predicted octanol–water partition coefficient (Wildman–Crippen LogP) is 3.77. The summed E-state index contributed by atoms with van der Waals surface area (Å²) in [6.45, 7) is 6.96. The minimum atomic E-state index is -0.413. The molecule has 1 atom stereocenters. The lowest BCUT2D eigenvalue weighted by molar-refractivity contribution is -0.118. The number of nitrogens with one attached hydrogen (secondary N) is 1. The SMILES string of the molecule is CCc1cccc(CC)c1NC(=O)CN(CC(C)O)C1CCCCC1. The van der Waals surface area contributed by atoms with Crippen molar-refractivity contribution in [3.8, 4) is 0 Å². The molecule has 0 heterocycles. The Bertz CT molecular complexity index is 529. The maximum Gasteiger partial charge on any atom is 0.238 e. The molecular formula is C21H34N2O2. The first kappa shape index (κ1) is 19.9. The molecule has 0 spiro atoms. The molecule has 0 saturated heterocycles. The molecule has 1 aromatic carbocycles. The van der Waals surface area contributed by atoms with E-state index in [2.05, 4.69) is 42.3 Å². The van der Waals surface area contributed by atoms with Crippen LogP contribution in [0, 0.1) is 0 Å². The number of aryl methyl sites for hydroxylation is 2. The molecule has 4 nitrogen and oxygen atoms in total. The van der Waals surface area contributed by atoms with Gasteiger partial charge in [0.05, 0.1) is 12.6 Å². The first-order chi connectivity index (χ1) is 12.0. The fourth-order valence-corrected chi connectivity index (χ4v) is 3.89. The molecule has 1 aliphatic carbocycles. The molecule has 4 heteroatoms. The number of benzene rings is 1. The van der Waals surface area contributed by atoms with Crippen LogP contribution < -0.4 is 5.32 Å². The quantitative estimate of drug-likeness (QED) is 0.753. The Morgan fingerprint density at radius 3 is 2.32 bits per heavy atom. The molecule has 1 unspecified atom stereocenters. The third-order valence-electron chi connectivity index (χ3n) is 5.20. The summed E-state index contributed by atoms with van der Waals surface area (Å²) >= 11 is 0. The number of hydrogen-bond acceptors (Lipinski definition) is 3. The highest BCUT2D eigenvalue weighted by Crippen LogP contribution is 2.24. The van der Waals surface area contributed by atoms with Crippen LogP contribution in [0.2, 0.25) is 0 Å². The van der Waals surface area contributed by atoms with Crippen molar-refractivity contribution in [2.45, 2.75) is 77.9 Å². The summed E-state index contributed by atoms with van der Waals surface area (Å²) in [5, 5.41) is 13.0. The van der Waals surface area contributed by atoms with Crippen LogP contribution in [0.4, 0.5) is 5.69 Å². The van der Waals surface area contributed by atoms with Crippen molar-refractivity contribution < 1.29 is 9.90 Å². The number of anilines is 1. The molecule has 0 aliphatic heterocycles. The lowest BCUT2D eigenvalue weighted by atomic mass is 9.94. The van der Waals surface area contributed by atoms with Crippen LogP contribution in [-0.4, -0.2) is 41.1 Å². The zero-order chi connectivity index (χ0) is 18.2. The van der Waals surface area contributed by atoms with Crippen LogP contribution in [-0.2, 0) is 17.6 Å². The van der Waals surface area contributed by atoms with E-state index in [1.807, 2.05) is 0 Å². The van der Waals surface area contributed by atoms with E-state index >= 15 is 0 Å². The van der Waals surface area contributed by atoms with Crippen molar-refractivity contribution >= 4 is 11.6 Å². The lowest BCUT2D eigenvalue weighted by Crippen LogP contribution is -2.45. The molecule has 0 radical (unpaired) electrons. The number of para-hydroxylation sites is 1. The predicted molar refractivity (Wildman–Crippen MR) is 104 cm³/mol. The summed E-state index contributed by atoms with van der Waals surface area (Å²) in [4.78, 5) is 14.9. The Morgan fingerprint density at radius 2 is 1.80 bits per heavy atom. The smallest absolute Gasteiger partial charge is 0.238 e. The molecule has 1 aliphatic rings. The molecule has 2 N–H and O–H groups in total. The van der Waals surface area contributed by atoms with E-state index in [4.69, 9.17) is 0 Å². The maximum absolute atomic E-state index is 12.7. The molecule has 1 saturated carbocycles. The molecule has 1 fully saturated rings. The Morgan fingerprint density at radius 1 is 1.20 bits per heavy atom. The fraction of sp³-hybridized carbons (Fsp3) is 0.667. The monoisotopic (exact) mass is 346 g/mol. The van der Waals surface area contributed by atoms with Crippen LogP contribution in [0.1, 0.15) is 64.0 Å². The molecule has 0 aromatic heterocycles. The van der Waals surface area contributed by atoms with Crippen LogP contribution in [0.3, 0.4) is 0 Å². The molecule has 1 amide bonds. The highest BCUT2D eigenvalue weighted by atomic mass is 16.3. The van der Waals surface area contributed by atoms with Gasteiger partial charge in [-0.25, -0.2) is 0 Å². The Labute approximate surface area is 152 Å². The van der Waals surface area contributed by atoms with Crippen LogP contribution >= 0.6 is 0 Å². The van der Waals surface area contributed by atoms with E-state index in [9.17, 15) is 9.90 Å². The number of nitrogens with zero attached hydrogens (tertiary/aromatic N) is 1. The lowest BCUT2D eigenvalue weighted by Gasteiger charge is -2.34. The highest BCUT2D eigenvalue weighted by Gasteiger charge is 2.24. The van der Waals surface area contributed by atoms with Crippen molar-refractivity contribution in [2.75, 3.05) is 18.4 Å². The number of carbonyl (C=O) groups excluding carboxylic acids is 1. The van der Waals surface area contributed by atoms with Crippen molar-refractivity contribution in [2.24, 2.45) is 0 Å². The first-order valence-electron chi connectivity index (χ1n) is 9.87. The van der Waals surface area contributed by atoms with Crippen LogP contribution in [0.5, 0.6) is 0 Å². The Balaban J connectivity index is 2.08. The van der Waals surface area contributed by atoms with Crippen LogP contribution in [0.15, 0.2) is 18.2 Å². The second-order valence-electron chi connectivity index (χ2n) is 7.28. The molecule has 25 heavy (non-hydrogen) atoms. The molecule has 0 bridgehead atoms. The second kappa shape index (κ2) is 9.93. The van der Waals surface area contributed by atoms with E-state index in [1.54, 1.807) is 6.92 Å². The largest absolute Gasteiger partial charge is 0.392 e. The normalized spacial score (nSPS) is 16.8. The van der Waals surface area contributed by atoms with E-state index < -0.39 is 6.10 Å². The zero-order valence-electron chi connectivity index (χ0n) is 16.1. The topological polar surface area (TPSA) is 52.6 Å². The number of rotatable bonds is 8. The van der Waals surface area contributed by atoms with Gasteiger partial charge in [-0.1, -0.05) is 51.3 Å². The number of aliphatic hydroxyl groups excluding tert-OH is 1. The van der Waals surface area contributed by atoms with E-state index in [-0.39, 0.29) is 5.91 Å². The summed E-state index contributed by atoms with van der Waals surface area (Å²) in [6, 6.07) is 6.66. The standard InChI is InChI=1S/C21H34N2O2/c1-4-17-10-9-11-18(5-2)21(17)22-20(25)15-23(14-16(3)24)19-12-7-6-8-13-19/h9-11,16,19,24H,4-8,12-15H2,1-3H3,(H,22,25). The van der Waals surface area contributed by atoms with Gasteiger partial charge in [0, 0.05) is 18.3 Å². The van der Waals surface area contributed by atoms with Gasteiger partial charge in [0.2, 0.25) is 5.91 Å². The maximum atomic E-state index is 12.7. The van der Waals surface area contributed by atoms with E-state index in [1.165, 1.54) is 30.4 Å². The average molecular weight is 347 g/mol. The second-order valence-corrected chi connectivity index (χ2v) is 7.28. The third-order valence-corrected chi connectivity index (χ3v) is 5.20. The van der Waals surface area contributed by atoms with E-state index in [0.29, 0.717) is 19.1 Å². The summed E-state index contributed by atoms with van der Waals surface area (Å²) in [5.74, 6) is 0.0295. The minimum absolute atomic E-state index is 0.0295. The Kier molecular flexibility index (Phi) is 7.91. The molecule has 1 aromatic rings. The van der Waals surface area contributed by atoms with Crippen molar-refractivity contribution in [3.05, 3.63) is 29.3 Å². The number of amides is 1. The number of carbonyl (C=O) groups is 1. The first-order valence-corrected chi connectivity index (χ1v) is 9.87. The van der Waals surface area contributed by atoms with E-state index in [0.717, 1.165) is 31.4 Å². The molecular weight excluding hydrogens is 312 g/mol.